The van der Waals surface area contributed by atoms with E-state index < -0.39 is 5.60 Å². The van der Waals surface area contributed by atoms with Gasteiger partial charge in [-0.3, -0.25) is 4.79 Å². The Morgan fingerprint density at radius 3 is 2.67 bits per heavy atom. The summed E-state index contributed by atoms with van der Waals surface area (Å²) in [7, 11) is 1.79. The number of nitrogens with zero attached hydrogens (tertiary/aromatic N) is 1. The van der Waals surface area contributed by atoms with Gasteiger partial charge in [0.25, 0.3) is 0 Å². The quantitative estimate of drug-likeness (QED) is 0.832. The summed E-state index contributed by atoms with van der Waals surface area (Å²) >= 11 is 0. The van der Waals surface area contributed by atoms with Crippen molar-refractivity contribution >= 4 is 5.91 Å². The van der Waals surface area contributed by atoms with Crippen molar-refractivity contribution in [3.8, 4) is 0 Å². The third-order valence-corrected chi connectivity index (χ3v) is 4.17. The molecule has 0 radical (unpaired) electrons. The van der Waals surface area contributed by atoms with E-state index in [4.69, 9.17) is 4.74 Å². The number of ether oxygens (including phenoxy) is 1. The zero-order valence-electron chi connectivity index (χ0n) is 11.4. The summed E-state index contributed by atoms with van der Waals surface area (Å²) in [6.45, 7) is 1.25. The van der Waals surface area contributed by atoms with Crippen LogP contribution in [0.4, 0.5) is 0 Å². The molecule has 1 aliphatic heterocycles. The number of amides is 1. The lowest BCUT2D eigenvalue weighted by molar-refractivity contribution is -0.137. The second-order valence-electron chi connectivity index (χ2n) is 5.87. The molecule has 2 aliphatic rings. The van der Waals surface area contributed by atoms with E-state index in [1.54, 1.807) is 11.9 Å². The summed E-state index contributed by atoms with van der Waals surface area (Å²) in [4.78, 5) is 13.8. The maximum Gasteiger partial charge on any atom is 0.225 e. The average molecular weight is 255 g/mol. The molecule has 18 heavy (non-hydrogen) atoms. The lowest BCUT2D eigenvalue weighted by atomic mass is 10.0. The Bertz CT molecular complexity index is 281. The van der Waals surface area contributed by atoms with Crippen LogP contribution in [-0.2, 0) is 9.53 Å². The van der Waals surface area contributed by atoms with Crippen molar-refractivity contribution < 1.29 is 14.6 Å². The van der Waals surface area contributed by atoms with Crippen LogP contribution in [0.1, 0.15) is 51.4 Å². The first-order valence-electron chi connectivity index (χ1n) is 7.17. The van der Waals surface area contributed by atoms with Crippen LogP contribution in [0, 0.1) is 0 Å². The van der Waals surface area contributed by atoms with E-state index in [-0.39, 0.29) is 12.0 Å². The Hall–Kier alpha value is -0.610. The number of likely N-dealkylation sites (N-methyl/N-ethyl adjacent to an activating group) is 1. The third kappa shape index (κ3) is 3.69. The highest BCUT2D eigenvalue weighted by Gasteiger charge is 2.33. The summed E-state index contributed by atoms with van der Waals surface area (Å²) < 4.78 is 5.58. The Balaban J connectivity index is 1.77. The van der Waals surface area contributed by atoms with E-state index in [2.05, 4.69) is 0 Å². The fraction of sp³-hybridized carbons (Fsp3) is 0.929. The molecule has 2 rings (SSSR count). The van der Waals surface area contributed by atoms with Crippen molar-refractivity contribution in [1.82, 2.24) is 4.90 Å². The van der Waals surface area contributed by atoms with Crippen molar-refractivity contribution in [2.24, 2.45) is 0 Å². The van der Waals surface area contributed by atoms with Crippen LogP contribution in [0.3, 0.4) is 0 Å². The molecule has 4 heteroatoms. The van der Waals surface area contributed by atoms with Gasteiger partial charge in [0.05, 0.1) is 18.1 Å². The van der Waals surface area contributed by atoms with Gasteiger partial charge in [0, 0.05) is 20.2 Å². The number of hydrogen-bond acceptors (Lipinski definition) is 3. The average Bonchev–Trinajstić information content (AvgIpc) is 2.77. The van der Waals surface area contributed by atoms with E-state index in [0.29, 0.717) is 13.0 Å². The van der Waals surface area contributed by atoms with Crippen LogP contribution < -0.4 is 0 Å². The van der Waals surface area contributed by atoms with Crippen molar-refractivity contribution in [2.45, 2.75) is 63.1 Å². The van der Waals surface area contributed by atoms with Gasteiger partial charge in [-0.1, -0.05) is 12.8 Å². The van der Waals surface area contributed by atoms with Crippen LogP contribution >= 0.6 is 0 Å². The molecular formula is C14H25NO3. The Morgan fingerprint density at radius 1 is 1.33 bits per heavy atom. The van der Waals surface area contributed by atoms with Crippen LogP contribution in [-0.4, -0.2) is 47.8 Å². The molecule has 0 spiro atoms. The summed E-state index contributed by atoms with van der Waals surface area (Å²) in [5, 5.41) is 10.3. The van der Waals surface area contributed by atoms with Gasteiger partial charge in [-0.25, -0.2) is 0 Å². The number of rotatable bonds is 4. The fourth-order valence-corrected chi connectivity index (χ4v) is 3.04. The fourth-order valence-electron chi connectivity index (χ4n) is 3.04. The highest BCUT2D eigenvalue weighted by Crippen LogP contribution is 2.30. The smallest absolute Gasteiger partial charge is 0.225 e. The molecule has 0 bridgehead atoms. The van der Waals surface area contributed by atoms with Crippen molar-refractivity contribution in [3.05, 3.63) is 0 Å². The molecule has 1 N–H and O–H groups in total. The van der Waals surface area contributed by atoms with Gasteiger partial charge in [-0.2, -0.15) is 0 Å². The number of carbonyl (C=O) groups excluding carboxylic acids is 1. The Labute approximate surface area is 109 Å². The predicted octanol–water partition coefficient (Wildman–Crippen LogP) is 1.71. The van der Waals surface area contributed by atoms with Gasteiger partial charge >= 0.3 is 0 Å². The standard InChI is InChI=1S/C14H25NO3/c1-15(11-14(17)7-3-4-8-14)13(16)10-12-6-2-5-9-18-12/h12,17H,2-11H2,1H3. The van der Waals surface area contributed by atoms with E-state index in [9.17, 15) is 9.90 Å². The molecule has 1 atom stereocenters. The molecule has 4 nitrogen and oxygen atoms in total. The van der Waals surface area contributed by atoms with E-state index in [1.807, 2.05) is 0 Å². The first-order valence-corrected chi connectivity index (χ1v) is 7.17. The van der Waals surface area contributed by atoms with Crippen LogP contribution in [0.2, 0.25) is 0 Å². The molecule has 0 aromatic rings. The molecule has 2 fully saturated rings. The molecule has 104 valence electrons. The predicted molar refractivity (Wildman–Crippen MR) is 69.3 cm³/mol. The summed E-state index contributed by atoms with van der Waals surface area (Å²) in [5.74, 6) is 0.0993. The molecule has 0 aromatic heterocycles. The Kier molecular flexibility index (Phi) is 4.62. The molecule has 1 saturated heterocycles. The highest BCUT2D eigenvalue weighted by molar-refractivity contribution is 5.76. The minimum Gasteiger partial charge on any atom is -0.388 e. The first kappa shape index (κ1) is 13.8. The minimum absolute atomic E-state index is 0.0897. The molecule has 1 aliphatic carbocycles. The van der Waals surface area contributed by atoms with E-state index in [0.717, 1.165) is 51.6 Å². The van der Waals surface area contributed by atoms with Gasteiger partial charge in [-0.15, -0.1) is 0 Å². The summed E-state index contributed by atoms with van der Waals surface area (Å²) in [6, 6.07) is 0. The molecule has 1 amide bonds. The van der Waals surface area contributed by atoms with Gasteiger partial charge in [-0.05, 0) is 32.1 Å². The maximum absolute atomic E-state index is 12.1. The molecule has 0 aromatic carbocycles. The third-order valence-electron chi connectivity index (χ3n) is 4.17. The van der Waals surface area contributed by atoms with Crippen LogP contribution in [0.25, 0.3) is 0 Å². The van der Waals surface area contributed by atoms with Gasteiger partial charge in [0.2, 0.25) is 5.91 Å². The Morgan fingerprint density at radius 2 is 2.06 bits per heavy atom. The lowest BCUT2D eigenvalue weighted by Gasteiger charge is -2.30. The topological polar surface area (TPSA) is 49.8 Å². The van der Waals surface area contributed by atoms with Crippen molar-refractivity contribution in [1.29, 1.82) is 0 Å². The number of hydrogen-bond donors (Lipinski definition) is 1. The molecular weight excluding hydrogens is 230 g/mol. The normalized spacial score (nSPS) is 27.1. The first-order chi connectivity index (χ1) is 8.59. The van der Waals surface area contributed by atoms with E-state index >= 15 is 0 Å². The van der Waals surface area contributed by atoms with Crippen molar-refractivity contribution in [2.75, 3.05) is 20.2 Å². The summed E-state index contributed by atoms with van der Waals surface area (Å²) in [6.07, 6.45) is 7.61. The van der Waals surface area contributed by atoms with Gasteiger partial charge in [0.1, 0.15) is 0 Å². The van der Waals surface area contributed by atoms with Gasteiger partial charge in [0.15, 0.2) is 0 Å². The molecule has 1 unspecified atom stereocenters. The largest absolute Gasteiger partial charge is 0.388 e. The molecule has 1 heterocycles. The van der Waals surface area contributed by atoms with Crippen LogP contribution in [0.5, 0.6) is 0 Å². The van der Waals surface area contributed by atoms with Gasteiger partial charge < -0.3 is 14.7 Å². The van der Waals surface area contributed by atoms with Crippen molar-refractivity contribution in [3.63, 3.8) is 0 Å². The second-order valence-corrected chi connectivity index (χ2v) is 5.87. The lowest BCUT2D eigenvalue weighted by Crippen LogP contribution is -2.43. The van der Waals surface area contributed by atoms with E-state index in [1.165, 1.54) is 0 Å². The van der Waals surface area contributed by atoms with Crippen LogP contribution in [0.15, 0.2) is 0 Å². The zero-order valence-corrected chi connectivity index (χ0v) is 11.4. The minimum atomic E-state index is -0.641. The maximum atomic E-state index is 12.1. The number of aliphatic hydroxyl groups is 1. The SMILES string of the molecule is CN(CC1(O)CCCC1)C(=O)CC1CCCCO1. The zero-order chi connectivity index (χ0) is 13.0. The highest BCUT2D eigenvalue weighted by atomic mass is 16.5. The molecule has 1 saturated carbocycles. The monoisotopic (exact) mass is 255 g/mol. The second kappa shape index (κ2) is 6.02. The summed E-state index contributed by atoms with van der Waals surface area (Å²) in [5.41, 5.74) is -0.641. The number of carbonyl (C=O) groups is 1.